The third-order valence-electron chi connectivity index (χ3n) is 4.64. The Hall–Kier alpha value is -3.68. The highest BCUT2D eigenvalue weighted by molar-refractivity contribution is 5.73. The number of nitrogens with zero attached hydrogens (tertiary/aromatic N) is 5. The van der Waals surface area contributed by atoms with E-state index in [1.54, 1.807) is 29.3 Å². The maximum Gasteiger partial charge on any atom is 0.269 e. The van der Waals surface area contributed by atoms with E-state index in [2.05, 4.69) is 15.0 Å². The maximum atomic E-state index is 14.9. The van der Waals surface area contributed by atoms with Gasteiger partial charge in [-0.05, 0) is 41.5 Å². The van der Waals surface area contributed by atoms with Crippen LogP contribution in [0.1, 0.15) is 5.56 Å². The van der Waals surface area contributed by atoms with Crippen LogP contribution in [0.15, 0.2) is 59.9 Å². The predicted molar refractivity (Wildman–Crippen MR) is 107 cm³/mol. The van der Waals surface area contributed by atoms with Crippen molar-refractivity contribution in [3.63, 3.8) is 0 Å². The van der Waals surface area contributed by atoms with Crippen molar-refractivity contribution in [3.8, 4) is 11.1 Å². The van der Waals surface area contributed by atoms with Crippen LogP contribution in [0.4, 0.5) is 14.6 Å². The van der Waals surface area contributed by atoms with Gasteiger partial charge in [0.15, 0.2) is 0 Å². The molecule has 8 heteroatoms. The topological polar surface area (TPSA) is 63.9 Å². The van der Waals surface area contributed by atoms with Crippen LogP contribution in [0.25, 0.3) is 22.2 Å². The van der Waals surface area contributed by atoms with Gasteiger partial charge in [0.2, 0.25) is 0 Å². The molecule has 146 valence electrons. The van der Waals surface area contributed by atoms with Gasteiger partial charge in [0.05, 0.1) is 30.0 Å². The molecule has 3 heterocycles. The molecule has 0 radical (unpaired) electrons. The minimum Gasteiger partial charge on any atom is -0.363 e. The van der Waals surface area contributed by atoms with Gasteiger partial charge in [-0.25, -0.2) is 18.7 Å². The van der Waals surface area contributed by atoms with Crippen molar-refractivity contribution in [1.82, 2.24) is 19.5 Å². The molecule has 1 aromatic carbocycles. The molecule has 3 aromatic heterocycles. The van der Waals surface area contributed by atoms with Crippen molar-refractivity contribution in [2.75, 3.05) is 19.0 Å². The number of fused-ring (bicyclic) bond motifs is 1. The number of benzene rings is 1. The van der Waals surface area contributed by atoms with Crippen molar-refractivity contribution in [2.24, 2.45) is 0 Å². The lowest BCUT2D eigenvalue weighted by Crippen LogP contribution is -2.22. The Bertz CT molecular complexity index is 1250. The fourth-order valence-corrected chi connectivity index (χ4v) is 3.09. The van der Waals surface area contributed by atoms with Crippen LogP contribution in [0, 0.1) is 11.6 Å². The second-order valence-corrected chi connectivity index (χ2v) is 6.76. The molecule has 0 N–H and O–H groups in total. The molecule has 29 heavy (non-hydrogen) atoms. The molecule has 0 saturated heterocycles. The highest BCUT2D eigenvalue weighted by Gasteiger charge is 2.15. The average molecular weight is 393 g/mol. The highest BCUT2D eigenvalue weighted by Crippen LogP contribution is 2.27. The Morgan fingerprint density at radius 3 is 2.45 bits per heavy atom. The normalized spacial score (nSPS) is 11.0. The number of aromatic nitrogens is 4. The van der Waals surface area contributed by atoms with E-state index < -0.39 is 17.2 Å². The minimum absolute atomic E-state index is 0.200. The van der Waals surface area contributed by atoms with Crippen molar-refractivity contribution in [1.29, 1.82) is 0 Å². The summed E-state index contributed by atoms with van der Waals surface area (Å²) in [4.78, 5) is 26.3. The van der Waals surface area contributed by atoms with E-state index in [-0.39, 0.29) is 12.1 Å². The number of hydrogen-bond donors (Lipinski definition) is 0. The molecule has 0 bridgehead atoms. The van der Waals surface area contributed by atoms with E-state index in [4.69, 9.17) is 0 Å². The van der Waals surface area contributed by atoms with Crippen molar-refractivity contribution in [2.45, 2.75) is 6.54 Å². The van der Waals surface area contributed by atoms with Crippen LogP contribution in [0.2, 0.25) is 0 Å². The van der Waals surface area contributed by atoms with Gasteiger partial charge in [0.25, 0.3) is 5.56 Å². The Morgan fingerprint density at radius 1 is 0.966 bits per heavy atom. The fourth-order valence-electron chi connectivity index (χ4n) is 3.09. The van der Waals surface area contributed by atoms with E-state index in [9.17, 15) is 13.6 Å². The number of hydrogen-bond acceptors (Lipinski definition) is 5. The van der Waals surface area contributed by atoms with Crippen LogP contribution < -0.4 is 10.5 Å². The van der Waals surface area contributed by atoms with E-state index in [1.807, 2.05) is 14.1 Å². The monoisotopic (exact) mass is 393 g/mol. The molecule has 0 spiro atoms. The number of halogens is 2. The van der Waals surface area contributed by atoms with Crippen molar-refractivity contribution < 1.29 is 8.78 Å². The minimum atomic E-state index is -0.732. The van der Waals surface area contributed by atoms with Gasteiger partial charge < -0.3 is 4.90 Å². The first-order valence-corrected chi connectivity index (χ1v) is 8.85. The predicted octanol–water partition coefficient (Wildman–Crippen LogP) is 3.25. The van der Waals surface area contributed by atoms with Gasteiger partial charge in [-0.2, -0.15) is 0 Å². The fraction of sp³-hybridized carbons (Fsp3) is 0.143. The first-order valence-electron chi connectivity index (χ1n) is 8.85. The van der Waals surface area contributed by atoms with Crippen LogP contribution in [0.5, 0.6) is 0 Å². The molecular weight excluding hydrogens is 376 g/mol. The summed E-state index contributed by atoms with van der Waals surface area (Å²) in [6.07, 6.45) is 5.71. The van der Waals surface area contributed by atoms with E-state index in [1.165, 1.54) is 29.1 Å². The van der Waals surface area contributed by atoms with E-state index >= 15 is 0 Å². The van der Waals surface area contributed by atoms with Crippen molar-refractivity contribution >= 4 is 16.9 Å². The van der Waals surface area contributed by atoms with Crippen LogP contribution >= 0.6 is 0 Å². The smallest absolute Gasteiger partial charge is 0.269 e. The molecular formula is C21H17F2N5O. The van der Waals surface area contributed by atoms with Gasteiger partial charge in [-0.1, -0.05) is 0 Å². The first-order chi connectivity index (χ1) is 13.9. The Kier molecular flexibility index (Phi) is 4.75. The van der Waals surface area contributed by atoms with Crippen LogP contribution in [-0.2, 0) is 6.54 Å². The summed E-state index contributed by atoms with van der Waals surface area (Å²) in [5, 5.41) is 0. The molecule has 0 amide bonds. The molecule has 0 fully saturated rings. The van der Waals surface area contributed by atoms with Crippen molar-refractivity contribution in [3.05, 3.63) is 82.7 Å². The highest BCUT2D eigenvalue weighted by atomic mass is 19.1. The lowest BCUT2D eigenvalue weighted by atomic mass is 10.0. The SMILES string of the molecule is CN(C)c1cc(-c2cc(F)c(Cn3c(=O)cnc4ccncc43)c(F)c2)ccn1. The summed E-state index contributed by atoms with van der Waals surface area (Å²) in [5.41, 5.74) is 1.30. The summed E-state index contributed by atoms with van der Waals surface area (Å²) in [5.74, 6) is -0.789. The number of anilines is 1. The zero-order chi connectivity index (χ0) is 20.5. The molecule has 4 aromatic rings. The molecule has 0 aliphatic heterocycles. The molecule has 0 aliphatic carbocycles. The van der Waals surface area contributed by atoms with E-state index in [0.29, 0.717) is 28.0 Å². The second kappa shape index (κ2) is 7.38. The number of rotatable bonds is 4. The van der Waals surface area contributed by atoms with Gasteiger partial charge in [-0.3, -0.25) is 14.3 Å². The Balaban J connectivity index is 1.77. The Morgan fingerprint density at radius 2 is 1.72 bits per heavy atom. The quantitative estimate of drug-likeness (QED) is 0.533. The number of pyridine rings is 2. The summed E-state index contributed by atoms with van der Waals surface area (Å²) in [7, 11) is 3.67. The van der Waals surface area contributed by atoms with Gasteiger partial charge >= 0.3 is 0 Å². The van der Waals surface area contributed by atoms with Gasteiger partial charge in [-0.15, -0.1) is 0 Å². The summed E-state index contributed by atoms with van der Waals surface area (Å²) in [6, 6.07) is 7.60. The molecule has 4 rings (SSSR count). The maximum absolute atomic E-state index is 14.9. The standard InChI is InChI=1S/C21H17F2N5O/c1-27(2)20-9-13(3-6-25-20)14-7-16(22)15(17(23)8-14)12-28-19-10-24-5-4-18(19)26-11-21(28)29/h3-11H,12H2,1-2H3. The third-order valence-corrected chi connectivity index (χ3v) is 4.64. The average Bonchev–Trinajstić information content (AvgIpc) is 2.72. The second-order valence-electron chi connectivity index (χ2n) is 6.76. The zero-order valence-corrected chi connectivity index (χ0v) is 15.8. The third kappa shape index (κ3) is 3.56. The lowest BCUT2D eigenvalue weighted by Gasteiger charge is -2.14. The molecule has 0 aliphatic rings. The lowest BCUT2D eigenvalue weighted by molar-refractivity contribution is 0.545. The van der Waals surface area contributed by atoms with Gasteiger partial charge in [0, 0.05) is 32.1 Å². The molecule has 6 nitrogen and oxygen atoms in total. The zero-order valence-electron chi connectivity index (χ0n) is 15.8. The van der Waals surface area contributed by atoms with Crippen LogP contribution in [0.3, 0.4) is 0 Å². The molecule has 0 unspecified atom stereocenters. The Labute approximate surface area is 165 Å². The summed E-state index contributed by atoms with van der Waals surface area (Å²) < 4.78 is 31.0. The molecule has 0 atom stereocenters. The molecule has 0 saturated carbocycles. The summed E-state index contributed by atoms with van der Waals surface area (Å²) >= 11 is 0. The first kappa shape index (κ1) is 18.7. The van der Waals surface area contributed by atoms with Crippen LogP contribution in [-0.4, -0.2) is 33.6 Å². The largest absolute Gasteiger partial charge is 0.363 e. The van der Waals surface area contributed by atoms with E-state index in [0.717, 1.165) is 6.20 Å². The summed E-state index contributed by atoms with van der Waals surface area (Å²) in [6.45, 7) is -0.263. The van der Waals surface area contributed by atoms with Gasteiger partial charge in [0.1, 0.15) is 17.5 Å².